The first-order chi connectivity index (χ1) is 11.5. The van der Waals surface area contributed by atoms with Gasteiger partial charge in [0, 0.05) is 0 Å². The van der Waals surface area contributed by atoms with Crippen LogP contribution in [0.3, 0.4) is 0 Å². The van der Waals surface area contributed by atoms with Crippen LogP contribution in [-0.4, -0.2) is 8.80 Å². The van der Waals surface area contributed by atoms with Gasteiger partial charge in [-0.3, -0.25) is 0 Å². The zero-order valence-corrected chi connectivity index (χ0v) is 21.5. The van der Waals surface area contributed by atoms with Gasteiger partial charge in [-0.15, -0.1) is 90.0 Å². The van der Waals surface area contributed by atoms with Crippen molar-refractivity contribution in [2.24, 2.45) is 0 Å². The molecular formula is C24H30HfSi. The summed E-state index contributed by atoms with van der Waals surface area (Å²) in [4.78, 5) is 0. The summed E-state index contributed by atoms with van der Waals surface area (Å²) in [6.45, 7) is 12.4. The van der Waals surface area contributed by atoms with Crippen molar-refractivity contribution in [2.45, 2.75) is 26.9 Å². The molecule has 0 nitrogen and oxygen atoms in total. The maximum atomic E-state index is 3.78. The number of benzene rings is 2. The molecule has 0 atom stereocenters. The van der Waals surface area contributed by atoms with Crippen molar-refractivity contribution in [3.05, 3.63) is 97.9 Å². The van der Waals surface area contributed by atoms with Gasteiger partial charge in [-0.05, 0) is 0 Å². The van der Waals surface area contributed by atoms with Gasteiger partial charge in [0.05, 0.1) is 0 Å². The quantitative estimate of drug-likeness (QED) is 0.171. The number of aryl methyl sites for hydroxylation is 2. The van der Waals surface area contributed by atoms with Gasteiger partial charge in [-0.25, -0.2) is 0 Å². The Labute approximate surface area is 180 Å². The Hall–Kier alpha value is -1.25. The molecule has 0 fully saturated rings. The minimum Gasteiger partial charge on any atom is -0.358 e. The van der Waals surface area contributed by atoms with Crippen LogP contribution in [0.5, 0.6) is 0 Å². The van der Waals surface area contributed by atoms with Crippen molar-refractivity contribution in [1.82, 2.24) is 0 Å². The van der Waals surface area contributed by atoms with Crippen LogP contribution in [0.15, 0.2) is 72.8 Å². The molecule has 134 valence electrons. The molecule has 0 radical (unpaired) electrons. The van der Waals surface area contributed by atoms with E-state index < -0.39 is 0 Å². The topological polar surface area (TPSA) is 0 Å². The largest absolute Gasteiger partial charge is 4.00 e. The van der Waals surface area contributed by atoms with Crippen molar-refractivity contribution in [3.8, 4) is 0 Å². The first-order valence-corrected chi connectivity index (χ1v) is 11.7. The van der Waals surface area contributed by atoms with Gasteiger partial charge in [0.2, 0.25) is 0 Å². The van der Waals surface area contributed by atoms with E-state index in [2.05, 4.69) is 106 Å². The summed E-state index contributed by atoms with van der Waals surface area (Å²) in [6.07, 6.45) is 0. The van der Waals surface area contributed by atoms with E-state index in [0.717, 1.165) is 0 Å². The van der Waals surface area contributed by atoms with Gasteiger partial charge < -0.3 is 14.0 Å². The molecule has 0 aliphatic carbocycles. The van der Waals surface area contributed by atoms with E-state index in [-0.39, 0.29) is 42.1 Å². The fourth-order valence-corrected chi connectivity index (χ4v) is 2.61. The molecule has 4 aromatic rings. The minimum absolute atomic E-state index is 0. The second-order valence-electron chi connectivity index (χ2n) is 6.72. The Balaban J connectivity index is 0.000000378. The van der Waals surface area contributed by atoms with Crippen molar-refractivity contribution in [3.63, 3.8) is 0 Å². The fourth-order valence-electron chi connectivity index (χ4n) is 2.61. The maximum absolute atomic E-state index is 3.78. The SMILES string of the molecule is Cc1cc2ccccc2[cH-]1.Cc1cc2ccccc2[cH-]1.[CH2-][SiH](C)C.[CH3-].[Hf+4]. The molecule has 0 bridgehead atoms. The molecule has 0 amide bonds. The maximum Gasteiger partial charge on any atom is 4.00 e. The Morgan fingerprint density at radius 3 is 1.35 bits per heavy atom. The molecule has 0 saturated heterocycles. The summed E-state index contributed by atoms with van der Waals surface area (Å²) >= 11 is 0. The molecule has 0 aliphatic rings. The number of rotatable bonds is 0. The molecular weight excluding hydrogens is 495 g/mol. The zero-order valence-electron chi connectivity index (χ0n) is 16.7. The average molecular weight is 525 g/mol. The summed E-state index contributed by atoms with van der Waals surface area (Å²) in [7, 11) is -0.389. The van der Waals surface area contributed by atoms with E-state index in [4.69, 9.17) is 0 Å². The standard InChI is InChI=1S/2C10H9.C3H9Si.CH3.Hf/c2*1-8-6-9-4-2-3-5-10(9)7-8;1-4(2)3;;/h2*2-7H,1H3;4H,1H2,2-3H3;1H3;/q4*-1;+4. The third kappa shape index (κ3) is 7.97. The number of fused-ring (bicyclic) bond motifs is 2. The van der Waals surface area contributed by atoms with Crippen molar-refractivity contribution < 1.29 is 25.8 Å². The molecule has 0 unspecified atom stereocenters. The van der Waals surface area contributed by atoms with Gasteiger partial charge in [0.1, 0.15) is 0 Å². The molecule has 0 N–H and O–H groups in total. The molecule has 0 saturated carbocycles. The number of hydrogen-bond acceptors (Lipinski definition) is 0. The van der Waals surface area contributed by atoms with Crippen LogP contribution in [-0.2, 0) is 25.8 Å². The van der Waals surface area contributed by atoms with Gasteiger partial charge in [0.25, 0.3) is 0 Å². The van der Waals surface area contributed by atoms with Crippen LogP contribution >= 0.6 is 0 Å². The smallest absolute Gasteiger partial charge is 0.358 e. The zero-order chi connectivity index (χ0) is 17.5. The van der Waals surface area contributed by atoms with E-state index in [0.29, 0.717) is 0 Å². The van der Waals surface area contributed by atoms with Crippen LogP contribution in [0.2, 0.25) is 13.1 Å². The van der Waals surface area contributed by atoms with Crippen molar-refractivity contribution in [2.75, 3.05) is 0 Å². The van der Waals surface area contributed by atoms with E-state index in [9.17, 15) is 0 Å². The summed E-state index contributed by atoms with van der Waals surface area (Å²) in [5.41, 5.74) is 2.70. The van der Waals surface area contributed by atoms with Crippen LogP contribution in [0.4, 0.5) is 0 Å². The van der Waals surface area contributed by atoms with Crippen molar-refractivity contribution >= 4 is 30.3 Å². The summed E-state index contributed by atoms with van der Waals surface area (Å²) in [5.74, 6) is 0. The predicted molar refractivity (Wildman–Crippen MR) is 119 cm³/mol. The van der Waals surface area contributed by atoms with E-state index in [1.807, 2.05) is 0 Å². The second kappa shape index (κ2) is 12.2. The van der Waals surface area contributed by atoms with Gasteiger partial charge in [0.15, 0.2) is 0 Å². The fraction of sp³-hybridized carbons (Fsp3) is 0.167. The molecule has 0 aromatic heterocycles. The Kier molecular flexibility index (Phi) is 11.6. The van der Waals surface area contributed by atoms with Gasteiger partial charge in [-0.1, -0.05) is 39.1 Å². The van der Waals surface area contributed by atoms with Crippen LogP contribution in [0, 0.1) is 27.8 Å². The Bertz CT molecular complexity index is 742. The molecule has 26 heavy (non-hydrogen) atoms. The monoisotopic (exact) mass is 526 g/mol. The normalized spacial score (nSPS) is 9.46. The third-order valence-electron chi connectivity index (χ3n) is 3.52. The van der Waals surface area contributed by atoms with E-state index >= 15 is 0 Å². The Morgan fingerprint density at radius 1 is 0.731 bits per heavy atom. The molecule has 4 aromatic carbocycles. The molecule has 0 spiro atoms. The summed E-state index contributed by atoms with van der Waals surface area (Å²) in [5, 5.41) is 5.39. The molecule has 4 rings (SSSR count). The second-order valence-corrected chi connectivity index (χ2v) is 9.50. The average Bonchev–Trinajstić information content (AvgIpc) is 3.07. The van der Waals surface area contributed by atoms with E-state index in [1.54, 1.807) is 0 Å². The summed E-state index contributed by atoms with van der Waals surface area (Å²) in [6, 6.07) is 25.7. The van der Waals surface area contributed by atoms with Gasteiger partial charge in [-0.2, -0.15) is 12.1 Å². The predicted octanol–water partition coefficient (Wildman–Crippen LogP) is 7.03. The van der Waals surface area contributed by atoms with Crippen molar-refractivity contribution in [1.29, 1.82) is 0 Å². The van der Waals surface area contributed by atoms with E-state index in [1.165, 1.54) is 32.7 Å². The molecule has 2 heteroatoms. The first kappa shape index (κ1) is 24.7. The number of hydrogen-bond donors (Lipinski definition) is 0. The molecule has 0 heterocycles. The Morgan fingerprint density at radius 2 is 1.04 bits per heavy atom. The van der Waals surface area contributed by atoms with Gasteiger partial charge >= 0.3 is 25.8 Å². The first-order valence-electron chi connectivity index (χ1n) is 8.53. The third-order valence-corrected chi connectivity index (χ3v) is 3.52. The van der Waals surface area contributed by atoms with Crippen LogP contribution in [0.25, 0.3) is 21.5 Å². The molecule has 0 aliphatic heterocycles. The minimum atomic E-state index is -0.389. The summed E-state index contributed by atoms with van der Waals surface area (Å²) < 4.78 is 0. The van der Waals surface area contributed by atoms with Crippen LogP contribution < -0.4 is 0 Å². The van der Waals surface area contributed by atoms with Crippen LogP contribution in [0.1, 0.15) is 11.1 Å².